The Kier molecular flexibility index (Phi) is 3.51. The molecule has 126 valence electrons. The van der Waals surface area contributed by atoms with Crippen LogP contribution in [0.1, 0.15) is 52.2 Å². The molecule has 1 aliphatic heterocycles. The van der Waals surface area contributed by atoms with E-state index in [1.54, 1.807) is 11.8 Å². The molecule has 2 aliphatic rings. The number of hydrogen-bond donors (Lipinski definition) is 2. The van der Waals surface area contributed by atoms with Gasteiger partial charge in [-0.25, -0.2) is 4.98 Å². The summed E-state index contributed by atoms with van der Waals surface area (Å²) in [4.78, 5) is 33.8. The molecule has 0 fully saturated rings. The van der Waals surface area contributed by atoms with E-state index in [2.05, 4.69) is 27.1 Å². The molecule has 7 heteroatoms. The van der Waals surface area contributed by atoms with E-state index < -0.39 is 0 Å². The average Bonchev–Trinajstić information content (AvgIpc) is 2.96. The van der Waals surface area contributed by atoms with Gasteiger partial charge in [-0.1, -0.05) is 6.92 Å². The molecule has 4 rings (SSSR count). The number of aromatic amines is 2. The van der Waals surface area contributed by atoms with Gasteiger partial charge in [-0.3, -0.25) is 14.7 Å². The molecule has 0 unspecified atom stereocenters. The van der Waals surface area contributed by atoms with Gasteiger partial charge in [0.25, 0.3) is 11.5 Å². The maximum absolute atomic E-state index is 12.9. The quantitative estimate of drug-likeness (QED) is 0.821. The summed E-state index contributed by atoms with van der Waals surface area (Å²) in [5, 5.41) is 7.33. The average molecular weight is 327 g/mol. The van der Waals surface area contributed by atoms with Gasteiger partial charge in [0, 0.05) is 23.4 Å². The predicted molar refractivity (Wildman–Crippen MR) is 87.8 cm³/mol. The van der Waals surface area contributed by atoms with Gasteiger partial charge < -0.3 is 9.88 Å². The number of amides is 1. The number of aryl methyl sites for hydroxylation is 2. The highest BCUT2D eigenvalue weighted by Gasteiger charge is 2.30. The van der Waals surface area contributed by atoms with Crippen LogP contribution in [0.2, 0.25) is 0 Å². The Labute approximate surface area is 139 Å². The third-order valence-corrected chi connectivity index (χ3v) is 5.07. The van der Waals surface area contributed by atoms with Gasteiger partial charge >= 0.3 is 0 Å². The summed E-state index contributed by atoms with van der Waals surface area (Å²) in [5.74, 6) is 1.10. The van der Waals surface area contributed by atoms with E-state index in [1.807, 2.05) is 0 Å². The van der Waals surface area contributed by atoms with Gasteiger partial charge in [-0.05, 0) is 38.5 Å². The molecular formula is C17H21N5O2. The first-order valence-corrected chi connectivity index (χ1v) is 8.47. The second-order valence-electron chi connectivity index (χ2n) is 6.93. The van der Waals surface area contributed by atoms with Gasteiger partial charge in [0.05, 0.1) is 12.2 Å². The van der Waals surface area contributed by atoms with Crippen molar-refractivity contribution in [1.29, 1.82) is 0 Å². The summed E-state index contributed by atoms with van der Waals surface area (Å²) in [6, 6.07) is 0. The second kappa shape index (κ2) is 5.58. The second-order valence-corrected chi connectivity index (χ2v) is 6.93. The smallest absolute Gasteiger partial charge is 0.275 e. The summed E-state index contributed by atoms with van der Waals surface area (Å²) >= 11 is 0. The Hall–Kier alpha value is -2.44. The fourth-order valence-corrected chi connectivity index (χ4v) is 3.73. The number of aromatic nitrogens is 4. The molecule has 1 atom stereocenters. The molecule has 3 heterocycles. The summed E-state index contributed by atoms with van der Waals surface area (Å²) in [7, 11) is 0. The molecule has 0 spiro atoms. The van der Waals surface area contributed by atoms with Crippen molar-refractivity contribution in [3.63, 3.8) is 0 Å². The number of carbonyl (C=O) groups excluding carboxylic acids is 1. The fraction of sp³-hybridized carbons (Fsp3) is 0.529. The molecule has 0 aromatic carbocycles. The van der Waals surface area contributed by atoms with Crippen molar-refractivity contribution in [1.82, 2.24) is 25.1 Å². The van der Waals surface area contributed by atoms with Crippen LogP contribution in [0.3, 0.4) is 0 Å². The molecule has 7 nitrogen and oxygen atoms in total. The third-order valence-electron chi connectivity index (χ3n) is 5.07. The number of nitrogens with zero attached hydrogens (tertiary/aromatic N) is 3. The maximum Gasteiger partial charge on any atom is 0.275 e. The molecular weight excluding hydrogens is 306 g/mol. The van der Waals surface area contributed by atoms with Crippen LogP contribution in [0.4, 0.5) is 0 Å². The van der Waals surface area contributed by atoms with Crippen molar-refractivity contribution in [3.8, 4) is 0 Å². The SMILES string of the molecule is Cc1nc2c(c(=O)[nH]1)CCN(C(=O)c1n[nH]c3c1C[C@@H](C)CC3)C2. The van der Waals surface area contributed by atoms with Crippen LogP contribution in [0.25, 0.3) is 0 Å². The van der Waals surface area contributed by atoms with Crippen LogP contribution in [-0.2, 0) is 25.8 Å². The van der Waals surface area contributed by atoms with Crippen molar-refractivity contribution >= 4 is 5.91 Å². The van der Waals surface area contributed by atoms with Gasteiger partial charge in [-0.15, -0.1) is 0 Å². The zero-order chi connectivity index (χ0) is 16.8. The lowest BCUT2D eigenvalue weighted by Crippen LogP contribution is -2.39. The molecule has 2 N–H and O–H groups in total. The lowest BCUT2D eigenvalue weighted by atomic mass is 9.87. The van der Waals surface area contributed by atoms with E-state index in [1.165, 1.54) is 0 Å². The topological polar surface area (TPSA) is 94.7 Å². The molecule has 0 saturated carbocycles. The zero-order valence-corrected chi connectivity index (χ0v) is 14.0. The van der Waals surface area contributed by atoms with E-state index in [4.69, 9.17) is 0 Å². The molecule has 24 heavy (non-hydrogen) atoms. The molecule has 0 bridgehead atoms. The number of rotatable bonds is 1. The highest BCUT2D eigenvalue weighted by molar-refractivity contribution is 5.94. The van der Waals surface area contributed by atoms with E-state index >= 15 is 0 Å². The molecule has 1 aliphatic carbocycles. The van der Waals surface area contributed by atoms with Gasteiger partial charge in [-0.2, -0.15) is 5.10 Å². The van der Waals surface area contributed by atoms with Crippen molar-refractivity contribution in [2.75, 3.05) is 6.54 Å². The van der Waals surface area contributed by atoms with Crippen molar-refractivity contribution in [2.24, 2.45) is 5.92 Å². The zero-order valence-electron chi connectivity index (χ0n) is 14.0. The number of nitrogens with one attached hydrogen (secondary N) is 2. The van der Waals surface area contributed by atoms with E-state index in [9.17, 15) is 9.59 Å². The van der Waals surface area contributed by atoms with Gasteiger partial charge in [0.1, 0.15) is 5.82 Å². The van der Waals surface area contributed by atoms with Crippen LogP contribution in [0, 0.1) is 12.8 Å². The predicted octanol–water partition coefficient (Wildman–Crippen LogP) is 1.12. The molecule has 0 saturated heterocycles. The van der Waals surface area contributed by atoms with Crippen LogP contribution in [0.5, 0.6) is 0 Å². The summed E-state index contributed by atoms with van der Waals surface area (Å²) in [5.41, 5.74) is 4.02. The van der Waals surface area contributed by atoms with Crippen LogP contribution in [-0.4, -0.2) is 37.5 Å². The Morgan fingerprint density at radius 2 is 2.12 bits per heavy atom. The van der Waals surface area contributed by atoms with E-state index in [-0.39, 0.29) is 11.5 Å². The molecule has 2 aromatic heterocycles. The van der Waals surface area contributed by atoms with Crippen molar-refractivity contribution < 1.29 is 4.79 Å². The molecule has 2 aromatic rings. The van der Waals surface area contributed by atoms with Crippen LogP contribution >= 0.6 is 0 Å². The minimum absolute atomic E-state index is 0.0630. The number of H-pyrrole nitrogens is 2. The third kappa shape index (κ3) is 2.44. The minimum atomic E-state index is -0.0874. The Balaban J connectivity index is 1.63. The standard InChI is InChI=1S/C17H21N5O2/c1-9-3-4-13-12(7-9)15(21-20-13)17(24)22-6-5-11-14(8-22)18-10(2)19-16(11)23/h9H,3-8H2,1-2H3,(H,20,21)(H,18,19,23)/t9-/m0/s1. The van der Waals surface area contributed by atoms with Gasteiger partial charge in [0.2, 0.25) is 0 Å². The molecule has 0 radical (unpaired) electrons. The molecule has 1 amide bonds. The Morgan fingerprint density at radius 3 is 2.96 bits per heavy atom. The largest absolute Gasteiger partial charge is 0.331 e. The Morgan fingerprint density at radius 1 is 1.29 bits per heavy atom. The fourth-order valence-electron chi connectivity index (χ4n) is 3.73. The van der Waals surface area contributed by atoms with Crippen LogP contribution < -0.4 is 5.56 Å². The summed E-state index contributed by atoms with van der Waals surface area (Å²) < 4.78 is 0. The first kappa shape index (κ1) is 15.1. The number of fused-ring (bicyclic) bond motifs is 2. The Bertz CT molecular complexity index is 866. The minimum Gasteiger partial charge on any atom is -0.331 e. The first-order chi connectivity index (χ1) is 11.5. The van der Waals surface area contributed by atoms with Crippen molar-refractivity contribution in [3.05, 3.63) is 44.4 Å². The number of carbonyl (C=O) groups is 1. The first-order valence-electron chi connectivity index (χ1n) is 8.47. The summed E-state index contributed by atoms with van der Waals surface area (Å²) in [6.45, 7) is 4.86. The lowest BCUT2D eigenvalue weighted by Gasteiger charge is -2.28. The van der Waals surface area contributed by atoms with Crippen LogP contribution in [0.15, 0.2) is 4.79 Å². The normalized spacial score (nSPS) is 19.8. The van der Waals surface area contributed by atoms with E-state index in [0.29, 0.717) is 48.2 Å². The van der Waals surface area contributed by atoms with Crippen molar-refractivity contribution in [2.45, 2.75) is 46.1 Å². The maximum atomic E-state index is 12.9. The summed E-state index contributed by atoms with van der Waals surface area (Å²) in [6.07, 6.45) is 3.52. The highest BCUT2D eigenvalue weighted by atomic mass is 16.2. The monoisotopic (exact) mass is 327 g/mol. The highest BCUT2D eigenvalue weighted by Crippen LogP contribution is 2.27. The number of hydrogen-bond acceptors (Lipinski definition) is 4. The lowest BCUT2D eigenvalue weighted by molar-refractivity contribution is 0.0723. The van der Waals surface area contributed by atoms with Gasteiger partial charge in [0.15, 0.2) is 5.69 Å². The van der Waals surface area contributed by atoms with E-state index in [0.717, 1.165) is 30.5 Å².